The van der Waals surface area contributed by atoms with Crippen molar-refractivity contribution in [2.75, 3.05) is 5.32 Å². The summed E-state index contributed by atoms with van der Waals surface area (Å²) in [4.78, 5) is 23.0. The number of rotatable bonds is 3. The van der Waals surface area contributed by atoms with Crippen LogP contribution in [0.25, 0.3) is 11.5 Å². The number of anilines is 1. The first-order valence-electron chi connectivity index (χ1n) is 10.2. The maximum absolute atomic E-state index is 13.0. The summed E-state index contributed by atoms with van der Waals surface area (Å²) in [5.74, 6) is 0.0126. The molecule has 10 nitrogen and oxygen atoms in total. The molecule has 1 aliphatic heterocycles. The van der Waals surface area contributed by atoms with Crippen molar-refractivity contribution < 1.29 is 9.53 Å². The van der Waals surface area contributed by atoms with Crippen LogP contribution >= 0.6 is 11.6 Å². The molecule has 0 aliphatic carbocycles. The number of carbonyl (C=O) groups excluding carboxylic acids is 1. The lowest BCUT2D eigenvalue weighted by Crippen LogP contribution is -2.24. The Morgan fingerprint density at radius 3 is 2.56 bits per heavy atom. The van der Waals surface area contributed by atoms with Gasteiger partial charge in [0.15, 0.2) is 17.6 Å². The van der Waals surface area contributed by atoms with E-state index in [2.05, 4.69) is 30.6 Å². The lowest BCUT2D eigenvalue weighted by atomic mass is 10.0. The van der Waals surface area contributed by atoms with Crippen LogP contribution < -0.4 is 5.32 Å². The average Bonchev–Trinajstić information content (AvgIpc) is 3.46. The van der Waals surface area contributed by atoms with Crippen molar-refractivity contribution >= 4 is 28.8 Å². The van der Waals surface area contributed by atoms with Gasteiger partial charge in [0.2, 0.25) is 0 Å². The molecule has 1 N–H and O–H groups in total. The van der Waals surface area contributed by atoms with Gasteiger partial charge in [-0.3, -0.25) is 4.79 Å². The Bertz CT molecular complexity index is 1280. The molecular weight excluding hydrogens is 432 g/mol. The number of carbonyl (C=O) groups is 1. The van der Waals surface area contributed by atoms with Crippen molar-refractivity contribution in [2.45, 2.75) is 46.3 Å². The summed E-state index contributed by atoms with van der Waals surface area (Å²) in [6.45, 7) is 9.70. The predicted molar refractivity (Wildman–Crippen MR) is 119 cm³/mol. The van der Waals surface area contributed by atoms with Crippen LogP contribution in [0.5, 0.6) is 0 Å². The Labute approximate surface area is 189 Å². The van der Waals surface area contributed by atoms with Gasteiger partial charge in [0.1, 0.15) is 5.60 Å². The summed E-state index contributed by atoms with van der Waals surface area (Å²) in [5, 5.41) is 15.6. The molecule has 11 heteroatoms. The zero-order chi connectivity index (χ0) is 23.0. The highest BCUT2D eigenvalue weighted by Crippen LogP contribution is 2.43. The van der Waals surface area contributed by atoms with Gasteiger partial charge in [0, 0.05) is 17.8 Å². The third kappa shape index (κ3) is 3.71. The van der Waals surface area contributed by atoms with E-state index in [0.29, 0.717) is 27.7 Å². The van der Waals surface area contributed by atoms with E-state index in [1.165, 1.54) is 23.4 Å². The molecule has 0 saturated carbocycles. The highest BCUT2D eigenvalue weighted by Gasteiger charge is 2.44. The molecule has 0 aromatic carbocycles. The maximum atomic E-state index is 13.0. The number of hydrogen-bond donors (Lipinski definition) is 1. The molecule has 166 valence electrons. The lowest BCUT2D eigenvalue weighted by Gasteiger charge is -2.20. The topological polar surface area (TPSA) is 112 Å². The summed E-state index contributed by atoms with van der Waals surface area (Å²) >= 11 is 6.29. The Hall–Kier alpha value is -3.37. The van der Waals surface area contributed by atoms with Gasteiger partial charge < -0.3 is 10.1 Å². The second-order valence-electron chi connectivity index (χ2n) is 7.46. The number of aryl methyl sites for hydroxylation is 1. The number of nitrogens with zero attached hydrogens (tertiary/aromatic N) is 7. The van der Waals surface area contributed by atoms with E-state index in [-0.39, 0.29) is 5.91 Å². The molecule has 1 aliphatic rings. The third-order valence-electron chi connectivity index (χ3n) is 4.83. The van der Waals surface area contributed by atoms with Crippen molar-refractivity contribution in [1.82, 2.24) is 34.6 Å². The molecule has 0 fully saturated rings. The highest BCUT2D eigenvalue weighted by atomic mass is 35.5. The van der Waals surface area contributed by atoms with E-state index in [1.54, 1.807) is 16.8 Å². The van der Waals surface area contributed by atoms with Crippen LogP contribution in [0.3, 0.4) is 0 Å². The van der Waals surface area contributed by atoms with Gasteiger partial charge in [0.05, 0.1) is 40.7 Å². The zero-order valence-electron chi connectivity index (χ0n) is 18.4. The largest absolute Gasteiger partial charge is 0.351 e. The molecule has 1 unspecified atom stereocenters. The summed E-state index contributed by atoms with van der Waals surface area (Å²) in [6.07, 6.45) is 5.36. The quantitative estimate of drug-likeness (QED) is 0.502. The Kier molecular flexibility index (Phi) is 5.66. The molecule has 4 aromatic heterocycles. The van der Waals surface area contributed by atoms with Gasteiger partial charge >= 0.3 is 0 Å². The zero-order valence-corrected chi connectivity index (χ0v) is 19.1. The number of fused-ring (bicyclic) bond motifs is 3. The molecule has 0 spiro atoms. The standard InChI is InChI=1S/C19H17ClN8O2.C2H6/c1-10-6-14-21-9-12-15(30-19(2,3)16(12)27(14)26-10)18(29)25-11-7-13(20)17(22-8-11)28-23-4-5-24-28;1-2/h4-9,15H,1-3H3,(H,25,29);1-2H3. The molecule has 0 saturated heterocycles. The van der Waals surface area contributed by atoms with Gasteiger partial charge in [-0.2, -0.15) is 15.3 Å². The van der Waals surface area contributed by atoms with Crippen LogP contribution in [0.2, 0.25) is 5.02 Å². The number of amides is 1. The first-order valence-corrected chi connectivity index (χ1v) is 10.6. The van der Waals surface area contributed by atoms with E-state index in [4.69, 9.17) is 16.3 Å². The number of aromatic nitrogens is 7. The van der Waals surface area contributed by atoms with Crippen molar-refractivity contribution in [1.29, 1.82) is 0 Å². The summed E-state index contributed by atoms with van der Waals surface area (Å²) < 4.78 is 7.83. The van der Waals surface area contributed by atoms with Crippen LogP contribution in [0.15, 0.2) is 36.9 Å². The molecular formula is C21H23ClN8O2. The van der Waals surface area contributed by atoms with Crippen LogP contribution in [-0.4, -0.2) is 40.5 Å². The Morgan fingerprint density at radius 1 is 1.16 bits per heavy atom. The molecule has 1 amide bonds. The van der Waals surface area contributed by atoms with E-state index in [9.17, 15) is 4.79 Å². The van der Waals surface area contributed by atoms with Crippen LogP contribution in [0.1, 0.15) is 50.8 Å². The fourth-order valence-electron chi connectivity index (χ4n) is 3.64. The minimum atomic E-state index is -0.845. The number of hydrogen-bond acceptors (Lipinski definition) is 7. The second kappa shape index (κ2) is 8.29. The van der Waals surface area contributed by atoms with Gasteiger partial charge in [-0.15, -0.1) is 4.80 Å². The summed E-state index contributed by atoms with van der Waals surface area (Å²) in [5.41, 5.74) is 2.74. The van der Waals surface area contributed by atoms with E-state index in [0.717, 1.165) is 11.4 Å². The average molecular weight is 455 g/mol. The lowest BCUT2D eigenvalue weighted by molar-refractivity contribution is -0.135. The number of pyridine rings is 1. The highest BCUT2D eigenvalue weighted by molar-refractivity contribution is 6.32. The molecule has 1 atom stereocenters. The second-order valence-corrected chi connectivity index (χ2v) is 7.87. The van der Waals surface area contributed by atoms with Gasteiger partial charge in [-0.05, 0) is 26.8 Å². The van der Waals surface area contributed by atoms with Crippen molar-refractivity contribution in [3.8, 4) is 5.82 Å². The van der Waals surface area contributed by atoms with Crippen molar-refractivity contribution in [2.24, 2.45) is 0 Å². The van der Waals surface area contributed by atoms with Gasteiger partial charge in [-0.1, -0.05) is 25.4 Å². The van der Waals surface area contributed by atoms with Crippen LogP contribution in [0.4, 0.5) is 5.69 Å². The number of halogens is 1. The molecule has 0 bridgehead atoms. The Morgan fingerprint density at radius 2 is 1.88 bits per heavy atom. The van der Waals surface area contributed by atoms with Gasteiger partial charge in [0.25, 0.3) is 5.91 Å². The van der Waals surface area contributed by atoms with E-state index in [1.807, 2.05) is 40.7 Å². The Balaban J connectivity index is 0.00000119. The van der Waals surface area contributed by atoms with Crippen molar-refractivity contribution in [3.63, 3.8) is 0 Å². The fraction of sp³-hybridized carbons (Fsp3) is 0.333. The maximum Gasteiger partial charge on any atom is 0.258 e. The number of ether oxygens (including phenoxy) is 1. The molecule has 32 heavy (non-hydrogen) atoms. The smallest absolute Gasteiger partial charge is 0.258 e. The predicted octanol–water partition coefficient (Wildman–Crippen LogP) is 3.64. The van der Waals surface area contributed by atoms with Crippen molar-refractivity contribution in [3.05, 3.63) is 58.9 Å². The summed E-state index contributed by atoms with van der Waals surface area (Å²) in [7, 11) is 0. The van der Waals surface area contributed by atoms with Gasteiger partial charge in [-0.25, -0.2) is 14.5 Å². The van der Waals surface area contributed by atoms with Crippen LogP contribution in [-0.2, 0) is 15.1 Å². The monoisotopic (exact) mass is 454 g/mol. The SMILES string of the molecule is CC.Cc1cc2ncc3c(n2n1)C(C)(C)OC3C(=O)Nc1cnc(-n2nccn2)c(Cl)c1. The molecule has 5 rings (SSSR count). The van der Waals surface area contributed by atoms with E-state index < -0.39 is 11.7 Å². The van der Waals surface area contributed by atoms with Crippen LogP contribution in [0, 0.1) is 6.92 Å². The molecule has 4 aromatic rings. The summed E-state index contributed by atoms with van der Waals surface area (Å²) in [6, 6.07) is 3.47. The molecule has 0 radical (unpaired) electrons. The minimum absolute atomic E-state index is 0.299. The third-order valence-corrected chi connectivity index (χ3v) is 5.11. The number of nitrogens with one attached hydrogen (secondary N) is 1. The first-order chi connectivity index (χ1) is 15.3. The minimum Gasteiger partial charge on any atom is -0.351 e. The normalized spacial score (nSPS) is 16.4. The first kappa shape index (κ1) is 21.8. The fourth-order valence-corrected chi connectivity index (χ4v) is 3.89. The van der Waals surface area contributed by atoms with E-state index >= 15 is 0 Å². The molecule has 5 heterocycles.